The molecular formula is C13H19Cl2NO. The standard InChI is InChI=1S/C13H19Cl2NO/c1-13(2,3)12(17-4)11(16)8-5-6-9(14)10(15)7-8/h5-7,11-12H,16H2,1-4H3. The van der Waals surface area contributed by atoms with E-state index in [9.17, 15) is 0 Å². The Morgan fingerprint density at radius 2 is 1.76 bits per heavy atom. The van der Waals surface area contributed by atoms with E-state index in [-0.39, 0.29) is 17.6 Å². The molecule has 1 aromatic carbocycles. The third-order valence-corrected chi connectivity index (χ3v) is 3.50. The quantitative estimate of drug-likeness (QED) is 0.903. The van der Waals surface area contributed by atoms with Gasteiger partial charge in [0.1, 0.15) is 0 Å². The Morgan fingerprint density at radius 3 is 2.18 bits per heavy atom. The number of hydrogen-bond acceptors (Lipinski definition) is 2. The maximum atomic E-state index is 6.23. The van der Waals surface area contributed by atoms with Gasteiger partial charge in [-0.2, -0.15) is 0 Å². The Kier molecular flexibility index (Phi) is 4.85. The third kappa shape index (κ3) is 3.59. The normalized spacial score (nSPS) is 15.7. The van der Waals surface area contributed by atoms with Gasteiger partial charge < -0.3 is 10.5 Å². The van der Waals surface area contributed by atoms with Gasteiger partial charge in [0.15, 0.2) is 0 Å². The number of nitrogens with two attached hydrogens (primary N) is 1. The first-order chi connectivity index (χ1) is 7.77. The summed E-state index contributed by atoms with van der Waals surface area (Å²) >= 11 is 11.9. The zero-order valence-corrected chi connectivity index (χ0v) is 12.1. The first kappa shape index (κ1) is 14.8. The molecule has 0 bridgehead atoms. The first-order valence-electron chi connectivity index (χ1n) is 5.50. The fraction of sp³-hybridized carbons (Fsp3) is 0.538. The molecule has 96 valence electrons. The van der Waals surface area contributed by atoms with Crippen molar-refractivity contribution in [2.75, 3.05) is 7.11 Å². The van der Waals surface area contributed by atoms with Gasteiger partial charge in [0, 0.05) is 7.11 Å². The highest BCUT2D eigenvalue weighted by Crippen LogP contribution is 2.33. The summed E-state index contributed by atoms with van der Waals surface area (Å²) in [4.78, 5) is 0. The van der Waals surface area contributed by atoms with Crippen LogP contribution < -0.4 is 5.73 Å². The lowest BCUT2D eigenvalue weighted by Gasteiger charge is -2.34. The number of methoxy groups -OCH3 is 1. The van der Waals surface area contributed by atoms with Gasteiger partial charge in [-0.05, 0) is 23.1 Å². The van der Waals surface area contributed by atoms with Gasteiger partial charge in [-0.3, -0.25) is 0 Å². The van der Waals surface area contributed by atoms with E-state index in [1.807, 2.05) is 6.07 Å². The Bertz CT molecular complexity index is 387. The highest BCUT2D eigenvalue weighted by atomic mass is 35.5. The molecular weight excluding hydrogens is 257 g/mol. The minimum Gasteiger partial charge on any atom is -0.379 e. The molecule has 0 radical (unpaired) electrons. The van der Waals surface area contributed by atoms with Gasteiger partial charge in [-0.1, -0.05) is 50.0 Å². The second-order valence-corrected chi connectivity index (χ2v) is 6.04. The minimum atomic E-state index is -0.227. The van der Waals surface area contributed by atoms with E-state index >= 15 is 0 Å². The molecule has 0 aliphatic heterocycles. The van der Waals surface area contributed by atoms with Crippen molar-refractivity contribution in [3.8, 4) is 0 Å². The fourth-order valence-electron chi connectivity index (χ4n) is 1.93. The van der Waals surface area contributed by atoms with Crippen molar-refractivity contribution in [2.24, 2.45) is 11.1 Å². The topological polar surface area (TPSA) is 35.2 Å². The largest absolute Gasteiger partial charge is 0.379 e. The summed E-state index contributed by atoms with van der Waals surface area (Å²) in [6.07, 6.45) is -0.0836. The third-order valence-electron chi connectivity index (χ3n) is 2.76. The second-order valence-electron chi connectivity index (χ2n) is 5.22. The summed E-state index contributed by atoms with van der Waals surface area (Å²) in [5.74, 6) is 0. The van der Waals surface area contributed by atoms with Crippen LogP contribution in [0.15, 0.2) is 18.2 Å². The number of rotatable bonds is 3. The lowest BCUT2D eigenvalue weighted by molar-refractivity contribution is -0.00243. The summed E-state index contributed by atoms with van der Waals surface area (Å²) < 4.78 is 5.50. The smallest absolute Gasteiger partial charge is 0.0811 e. The van der Waals surface area contributed by atoms with Crippen molar-refractivity contribution < 1.29 is 4.74 Å². The summed E-state index contributed by atoms with van der Waals surface area (Å²) in [5, 5.41) is 1.05. The monoisotopic (exact) mass is 275 g/mol. The predicted octanol–water partition coefficient (Wildman–Crippen LogP) is 4.05. The number of halogens is 2. The molecule has 1 aromatic rings. The van der Waals surface area contributed by atoms with Crippen LogP contribution >= 0.6 is 23.2 Å². The number of benzene rings is 1. The Hall–Kier alpha value is -0.280. The van der Waals surface area contributed by atoms with Gasteiger partial charge in [0.05, 0.1) is 22.2 Å². The SMILES string of the molecule is COC(C(N)c1ccc(Cl)c(Cl)c1)C(C)(C)C. The average Bonchev–Trinajstić information content (AvgIpc) is 2.20. The molecule has 0 amide bonds. The average molecular weight is 276 g/mol. The Balaban J connectivity index is 3.02. The van der Waals surface area contributed by atoms with E-state index in [0.717, 1.165) is 5.56 Å². The Morgan fingerprint density at radius 1 is 1.18 bits per heavy atom. The molecule has 4 heteroatoms. The Labute approximate surface area is 113 Å². The zero-order valence-electron chi connectivity index (χ0n) is 10.6. The first-order valence-corrected chi connectivity index (χ1v) is 6.26. The van der Waals surface area contributed by atoms with Gasteiger partial charge in [0.25, 0.3) is 0 Å². The molecule has 0 aliphatic carbocycles. The molecule has 2 N–H and O–H groups in total. The molecule has 0 aliphatic rings. The fourth-order valence-corrected chi connectivity index (χ4v) is 2.24. The summed E-state index contributed by atoms with van der Waals surface area (Å²) in [5.41, 5.74) is 7.12. The van der Waals surface area contributed by atoms with Gasteiger partial charge >= 0.3 is 0 Å². The number of hydrogen-bond donors (Lipinski definition) is 1. The van der Waals surface area contributed by atoms with E-state index in [1.54, 1.807) is 19.2 Å². The van der Waals surface area contributed by atoms with Crippen LogP contribution in [0.3, 0.4) is 0 Å². The second kappa shape index (κ2) is 5.57. The zero-order chi connectivity index (χ0) is 13.2. The van der Waals surface area contributed by atoms with Crippen molar-refractivity contribution in [1.82, 2.24) is 0 Å². The predicted molar refractivity (Wildman–Crippen MR) is 73.6 cm³/mol. The molecule has 0 spiro atoms. The molecule has 2 unspecified atom stereocenters. The van der Waals surface area contributed by atoms with Crippen molar-refractivity contribution in [1.29, 1.82) is 0 Å². The highest BCUT2D eigenvalue weighted by Gasteiger charge is 2.31. The van der Waals surface area contributed by atoms with Gasteiger partial charge in [0.2, 0.25) is 0 Å². The minimum absolute atomic E-state index is 0.0414. The molecule has 1 rings (SSSR count). The van der Waals surface area contributed by atoms with Crippen molar-refractivity contribution in [3.63, 3.8) is 0 Å². The number of ether oxygens (including phenoxy) is 1. The van der Waals surface area contributed by atoms with Crippen LogP contribution in [0.25, 0.3) is 0 Å². The highest BCUT2D eigenvalue weighted by molar-refractivity contribution is 6.42. The van der Waals surface area contributed by atoms with Crippen LogP contribution in [-0.2, 0) is 4.74 Å². The molecule has 0 saturated carbocycles. The molecule has 2 nitrogen and oxygen atoms in total. The van der Waals surface area contributed by atoms with Crippen LogP contribution in [0.5, 0.6) is 0 Å². The van der Waals surface area contributed by atoms with E-state index in [0.29, 0.717) is 10.0 Å². The summed E-state index contributed by atoms with van der Waals surface area (Å²) in [6.45, 7) is 6.29. The van der Waals surface area contributed by atoms with Crippen molar-refractivity contribution >= 4 is 23.2 Å². The maximum absolute atomic E-state index is 6.23. The lowest BCUT2D eigenvalue weighted by Crippen LogP contribution is -2.38. The summed E-state index contributed by atoms with van der Waals surface area (Å²) in [7, 11) is 1.67. The molecule has 0 heterocycles. The molecule has 0 saturated heterocycles. The van der Waals surface area contributed by atoms with Gasteiger partial charge in [-0.25, -0.2) is 0 Å². The van der Waals surface area contributed by atoms with Crippen molar-refractivity contribution in [3.05, 3.63) is 33.8 Å². The van der Waals surface area contributed by atoms with E-state index in [4.69, 9.17) is 33.7 Å². The van der Waals surface area contributed by atoms with Crippen LogP contribution in [-0.4, -0.2) is 13.2 Å². The molecule has 2 atom stereocenters. The van der Waals surface area contributed by atoms with Crippen LogP contribution in [0.1, 0.15) is 32.4 Å². The van der Waals surface area contributed by atoms with Crippen LogP contribution in [0.4, 0.5) is 0 Å². The van der Waals surface area contributed by atoms with E-state index in [1.165, 1.54) is 0 Å². The molecule has 17 heavy (non-hydrogen) atoms. The molecule has 0 aromatic heterocycles. The lowest BCUT2D eigenvalue weighted by atomic mass is 9.82. The van der Waals surface area contributed by atoms with Crippen molar-refractivity contribution in [2.45, 2.75) is 32.9 Å². The van der Waals surface area contributed by atoms with Gasteiger partial charge in [-0.15, -0.1) is 0 Å². The van der Waals surface area contributed by atoms with E-state index < -0.39 is 0 Å². The summed E-state index contributed by atoms with van der Waals surface area (Å²) in [6, 6.07) is 5.21. The molecule has 0 fully saturated rings. The maximum Gasteiger partial charge on any atom is 0.0811 e. The van der Waals surface area contributed by atoms with E-state index in [2.05, 4.69) is 20.8 Å². The van der Waals surface area contributed by atoms with Crippen LogP contribution in [0.2, 0.25) is 10.0 Å². The van der Waals surface area contributed by atoms with Crippen LogP contribution in [0, 0.1) is 5.41 Å².